The van der Waals surface area contributed by atoms with Crippen molar-refractivity contribution in [1.82, 2.24) is 0 Å². The quantitative estimate of drug-likeness (QED) is 0.485. The van der Waals surface area contributed by atoms with Crippen molar-refractivity contribution < 1.29 is 48.8 Å². The van der Waals surface area contributed by atoms with Gasteiger partial charge in [-0.05, 0) is 0 Å². The van der Waals surface area contributed by atoms with E-state index < -0.39 is 21.1 Å². The third-order valence-electron chi connectivity index (χ3n) is 0.346. The smallest absolute Gasteiger partial charge is 0.810 e. The van der Waals surface area contributed by atoms with Crippen LogP contribution in [0.3, 0.4) is 0 Å². The van der Waals surface area contributed by atoms with Gasteiger partial charge in [0.25, 0.3) is 0 Å². The number of hydrogen-bond donors (Lipinski definition) is 0. The number of rotatable bonds is 2. The Balaban J connectivity index is 0. The monoisotopic (exact) mass is 269 g/mol. The van der Waals surface area contributed by atoms with E-state index in [1.54, 1.807) is 0 Å². The van der Waals surface area contributed by atoms with Crippen molar-refractivity contribution >= 4 is 15.2 Å². The van der Waals surface area contributed by atoms with Crippen molar-refractivity contribution in [3.05, 3.63) is 0 Å². The fourth-order valence-electron chi connectivity index (χ4n) is 0.212. The normalized spacial score (nSPS) is 12.4. The molecule has 0 amide bonds. The second-order valence-corrected chi connectivity index (χ2v) is 4.94. The summed E-state index contributed by atoms with van der Waals surface area (Å²) < 4.78 is 19.1. The van der Waals surface area contributed by atoms with Crippen LogP contribution in [0.5, 0.6) is 0 Å². The minimum Gasteiger partial charge on any atom is -0.810 e. The molecule has 0 unspecified atom stereocenters. The van der Waals surface area contributed by atoms with E-state index in [1.807, 2.05) is 0 Å². The van der Waals surface area contributed by atoms with E-state index in [1.165, 1.54) is 0 Å². The average Bonchev–Trinajstić information content (AvgIpc) is 1.14. The van der Waals surface area contributed by atoms with Gasteiger partial charge in [0.15, 0.2) is 0 Å². The third-order valence-corrected chi connectivity index (χ3v) is 3.12. The molecule has 59 valence electrons. The van der Waals surface area contributed by atoms with Crippen LogP contribution in [-0.2, 0) is 29.2 Å². The minimum absolute atomic E-state index is 0. The average molecular weight is 270 g/mol. The Morgan fingerprint density at radius 1 is 0.900 bits per heavy atom. The van der Waals surface area contributed by atoms with E-state index in [4.69, 9.17) is 0 Å². The van der Waals surface area contributed by atoms with Crippen LogP contribution >= 0.6 is 15.2 Å². The molecule has 10 heavy (non-hydrogen) atoms. The zero-order valence-corrected chi connectivity index (χ0v) is 8.08. The van der Waals surface area contributed by atoms with Crippen molar-refractivity contribution in [2.75, 3.05) is 5.90 Å². The summed E-state index contributed by atoms with van der Waals surface area (Å²) in [5, 5.41) is 0. The molecule has 0 spiro atoms. The summed E-state index contributed by atoms with van der Waals surface area (Å²) in [5.74, 6) is -1.82. The van der Waals surface area contributed by atoms with Crippen molar-refractivity contribution in [2.24, 2.45) is 0 Å². The molecule has 0 saturated heterocycles. The molecular formula is CH2O6P2Tc. The van der Waals surface area contributed by atoms with E-state index in [0.29, 0.717) is 0 Å². The molecule has 9 heteroatoms. The Hall–Kier alpha value is 0.949. The van der Waals surface area contributed by atoms with Gasteiger partial charge in [-0.3, -0.25) is 0 Å². The van der Waals surface area contributed by atoms with Gasteiger partial charge in [0, 0.05) is 5.90 Å². The summed E-state index contributed by atoms with van der Waals surface area (Å²) >= 11 is 0. The molecule has 0 heterocycles. The molecule has 0 aromatic heterocycles. The van der Waals surface area contributed by atoms with E-state index >= 15 is 0 Å². The maximum absolute atomic E-state index is 9.55. The van der Waals surface area contributed by atoms with Gasteiger partial charge < -0.3 is 28.7 Å². The predicted molar refractivity (Wildman–Crippen MR) is 20.1 cm³/mol. The Labute approximate surface area is 70.3 Å². The van der Waals surface area contributed by atoms with Gasteiger partial charge >= 0.3 is 20.1 Å². The first-order chi connectivity index (χ1) is 3.71. The van der Waals surface area contributed by atoms with Crippen LogP contribution in [0.2, 0.25) is 0 Å². The second kappa shape index (κ2) is 4.10. The van der Waals surface area contributed by atoms with E-state index in [2.05, 4.69) is 0 Å². The molecule has 0 aliphatic rings. The Morgan fingerprint density at radius 2 is 1.10 bits per heavy atom. The zero-order chi connectivity index (χ0) is 7.71. The predicted octanol–water partition coefficient (Wildman–Crippen LogP) is -3.23. The third kappa shape index (κ3) is 11.7. The first kappa shape index (κ1) is 13.5. The largest absolute Gasteiger partial charge is 4.00 e. The summed E-state index contributed by atoms with van der Waals surface area (Å²) in [7, 11) is -10.4. The van der Waals surface area contributed by atoms with E-state index in [9.17, 15) is 28.7 Å². The molecule has 0 rings (SSSR count). The van der Waals surface area contributed by atoms with Crippen LogP contribution in [0, 0.1) is 0 Å². The standard InChI is InChI=1S/CH6O6P2.Tc/c2-8(3,4)1-9(5,6)7;/h1H2,(H2,2,3,4)(H2,5,6,7);/q;+4/p-4. The summed E-state index contributed by atoms with van der Waals surface area (Å²) in [6.07, 6.45) is 0. The molecule has 0 fully saturated rings. The molecule has 6 nitrogen and oxygen atoms in total. The molecule has 0 aromatic rings. The Kier molecular flexibility index (Phi) is 5.54. The fourth-order valence-corrected chi connectivity index (χ4v) is 1.91. The minimum atomic E-state index is -5.18. The molecular weight excluding hydrogens is 268 g/mol. The Morgan fingerprint density at radius 3 is 1.10 bits per heavy atom. The zero-order valence-electron chi connectivity index (χ0n) is 4.43. The molecule has 0 N–H and O–H groups in total. The van der Waals surface area contributed by atoms with Crippen LogP contribution < -0.4 is 19.6 Å². The van der Waals surface area contributed by atoms with E-state index in [0.717, 1.165) is 0 Å². The van der Waals surface area contributed by atoms with Crippen molar-refractivity contribution in [3.63, 3.8) is 0 Å². The summed E-state index contributed by atoms with van der Waals surface area (Å²) in [6.45, 7) is 0. The molecule has 0 bridgehead atoms. The molecule has 1 radical (unpaired) electrons. The van der Waals surface area contributed by atoms with Crippen LogP contribution in [0.25, 0.3) is 0 Å². The van der Waals surface area contributed by atoms with Gasteiger partial charge in [-0.1, -0.05) is 15.2 Å². The first-order valence-corrected chi connectivity index (χ1v) is 5.18. The summed E-state index contributed by atoms with van der Waals surface area (Å²) in [5.41, 5.74) is 0. The maximum atomic E-state index is 9.55. The molecule has 0 aromatic carbocycles. The fraction of sp³-hybridized carbons (Fsp3) is 1.00. The SMILES string of the molecule is O=P([O-])([O-])CP(=O)([O-])[O-].[Tc+4]. The topological polar surface area (TPSA) is 126 Å². The Bertz CT molecular complexity index is 156. The molecule has 0 saturated carbocycles. The van der Waals surface area contributed by atoms with Crippen molar-refractivity contribution in [2.45, 2.75) is 0 Å². The van der Waals surface area contributed by atoms with Crippen LogP contribution in [0.4, 0.5) is 0 Å². The van der Waals surface area contributed by atoms with Gasteiger partial charge in [-0.15, -0.1) is 0 Å². The van der Waals surface area contributed by atoms with Crippen LogP contribution in [0.15, 0.2) is 0 Å². The van der Waals surface area contributed by atoms with Gasteiger partial charge in [-0.25, -0.2) is 0 Å². The van der Waals surface area contributed by atoms with Gasteiger partial charge in [0.05, 0.1) is 0 Å². The number of hydrogen-bond acceptors (Lipinski definition) is 6. The van der Waals surface area contributed by atoms with Gasteiger partial charge in [0.1, 0.15) is 0 Å². The first-order valence-electron chi connectivity index (χ1n) is 1.73. The van der Waals surface area contributed by atoms with Gasteiger partial charge in [-0.2, -0.15) is 0 Å². The van der Waals surface area contributed by atoms with Crippen LogP contribution in [0.1, 0.15) is 0 Å². The summed E-state index contributed by atoms with van der Waals surface area (Å²) in [6, 6.07) is 0. The molecule has 0 atom stereocenters. The van der Waals surface area contributed by atoms with Crippen molar-refractivity contribution in [3.8, 4) is 0 Å². The molecule has 0 aliphatic heterocycles. The van der Waals surface area contributed by atoms with Crippen molar-refractivity contribution in [1.29, 1.82) is 0 Å². The van der Waals surface area contributed by atoms with E-state index in [-0.39, 0.29) is 20.1 Å². The van der Waals surface area contributed by atoms with Crippen LogP contribution in [-0.4, -0.2) is 5.90 Å². The molecule has 0 aliphatic carbocycles. The summed E-state index contributed by atoms with van der Waals surface area (Å²) in [4.78, 5) is 38.2. The van der Waals surface area contributed by atoms with Gasteiger partial charge in [0.2, 0.25) is 0 Å². The second-order valence-electron chi connectivity index (χ2n) is 1.36. The maximum Gasteiger partial charge on any atom is 4.00 e.